The van der Waals surface area contributed by atoms with Crippen LogP contribution in [0.1, 0.15) is 102 Å². The van der Waals surface area contributed by atoms with E-state index in [1.54, 1.807) is 14.0 Å². The second kappa shape index (κ2) is 19.5. The van der Waals surface area contributed by atoms with Crippen LogP contribution in [0.4, 0.5) is 5.69 Å². The Morgan fingerprint density at radius 2 is 1.49 bits per heavy atom. The van der Waals surface area contributed by atoms with Gasteiger partial charge in [-0.1, -0.05) is 95.8 Å². The summed E-state index contributed by atoms with van der Waals surface area (Å²) in [5.74, 6) is 2.60. The van der Waals surface area contributed by atoms with Crippen molar-refractivity contribution in [3.63, 3.8) is 0 Å². The van der Waals surface area contributed by atoms with Gasteiger partial charge in [-0.15, -0.1) is 11.8 Å². The van der Waals surface area contributed by atoms with Gasteiger partial charge >= 0.3 is 0 Å². The summed E-state index contributed by atoms with van der Waals surface area (Å²) < 4.78 is 11.7. The predicted octanol–water partition coefficient (Wildman–Crippen LogP) is 9.35. The van der Waals surface area contributed by atoms with E-state index >= 15 is 0 Å². The van der Waals surface area contributed by atoms with Gasteiger partial charge in [0.15, 0.2) is 11.5 Å². The molecule has 1 heterocycles. The molecule has 0 saturated heterocycles. The number of carbonyl (C=O) groups excluding carboxylic acids is 1. The molecule has 0 radical (unpaired) electrons. The van der Waals surface area contributed by atoms with Gasteiger partial charge in [0.2, 0.25) is 5.91 Å². The van der Waals surface area contributed by atoms with Crippen molar-refractivity contribution >= 4 is 23.4 Å². The average molecular weight is 581 g/mol. The molecule has 5 nitrogen and oxygen atoms in total. The highest BCUT2D eigenvalue weighted by molar-refractivity contribution is 8.02. The van der Waals surface area contributed by atoms with Gasteiger partial charge in [-0.05, 0) is 53.6 Å². The normalized spacial score (nSPS) is 12.6. The maximum absolute atomic E-state index is 12.5. The highest BCUT2D eigenvalue weighted by Crippen LogP contribution is 2.29. The standard InChI is InChI=1S/C35H52N2O3S/c1-4-5-6-7-8-9-10-11-12-13-14-15-25-40-35-27-31(18-21-34(35)39-3)22-23-37(30(2)38)33-19-16-32(17-20-33)28-36-24-26-41-29-36/h16-21,24,26-27H,4-15,22-23,25,28-29H2,1-3H3. The molecule has 0 bridgehead atoms. The van der Waals surface area contributed by atoms with Crippen LogP contribution in [0.5, 0.6) is 11.5 Å². The fraction of sp³-hybridized carbons (Fsp3) is 0.571. The first kappa shape index (κ1) is 32.9. The Bertz CT molecular complexity index is 1040. The molecule has 0 unspecified atom stereocenters. The van der Waals surface area contributed by atoms with Crippen molar-refractivity contribution in [1.29, 1.82) is 0 Å². The molecule has 226 valence electrons. The molecule has 0 atom stereocenters. The van der Waals surface area contributed by atoms with E-state index in [4.69, 9.17) is 9.47 Å². The Morgan fingerprint density at radius 1 is 0.854 bits per heavy atom. The van der Waals surface area contributed by atoms with Gasteiger partial charge in [0.25, 0.3) is 0 Å². The van der Waals surface area contributed by atoms with Crippen LogP contribution in [0.2, 0.25) is 0 Å². The fourth-order valence-corrected chi connectivity index (χ4v) is 5.96. The quantitative estimate of drug-likeness (QED) is 0.138. The number of amides is 1. The first-order valence-electron chi connectivity index (χ1n) is 15.8. The van der Waals surface area contributed by atoms with E-state index < -0.39 is 0 Å². The van der Waals surface area contributed by atoms with Crippen molar-refractivity contribution in [2.45, 2.75) is 104 Å². The summed E-state index contributed by atoms with van der Waals surface area (Å²) in [6.07, 6.45) is 18.9. The summed E-state index contributed by atoms with van der Waals surface area (Å²) in [6.45, 7) is 6.12. The van der Waals surface area contributed by atoms with Gasteiger partial charge in [-0.25, -0.2) is 0 Å². The van der Waals surface area contributed by atoms with Crippen molar-refractivity contribution < 1.29 is 14.3 Å². The smallest absolute Gasteiger partial charge is 0.223 e. The van der Waals surface area contributed by atoms with Gasteiger partial charge in [0.1, 0.15) is 0 Å². The number of methoxy groups -OCH3 is 1. The fourth-order valence-electron chi connectivity index (χ4n) is 5.25. The Kier molecular flexibility index (Phi) is 15.7. The van der Waals surface area contributed by atoms with Gasteiger partial charge in [-0.3, -0.25) is 4.79 Å². The van der Waals surface area contributed by atoms with E-state index in [1.165, 1.54) is 76.2 Å². The molecule has 3 rings (SSSR count). The summed E-state index contributed by atoms with van der Waals surface area (Å²) in [5, 5.41) is 2.13. The van der Waals surface area contributed by atoms with Crippen LogP contribution in [0.25, 0.3) is 0 Å². The minimum absolute atomic E-state index is 0.0496. The number of benzene rings is 2. The van der Waals surface area contributed by atoms with E-state index in [0.717, 1.165) is 48.0 Å². The van der Waals surface area contributed by atoms with Crippen molar-refractivity contribution in [2.24, 2.45) is 0 Å². The number of thioether (sulfide) groups is 1. The van der Waals surface area contributed by atoms with Crippen LogP contribution in [0.15, 0.2) is 54.1 Å². The molecule has 1 amide bonds. The molecule has 0 aromatic heterocycles. The Labute approximate surface area is 253 Å². The number of hydrogen-bond donors (Lipinski definition) is 0. The first-order chi connectivity index (χ1) is 20.1. The molecule has 6 heteroatoms. The van der Waals surface area contributed by atoms with Crippen molar-refractivity contribution in [2.75, 3.05) is 31.0 Å². The second-order valence-corrected chi connectivity index (χ2v) is 12.0. The van der Waals surface area contributed by atoms with Crippen LogP contribution in [-0.2, 0) is 17.8 Å². The van der Waals surface area contributed by atoms with Crippen molar-refractivity contribution in [3.8, 4) is 11.5 Å². The molecule has 1 aliphatic heterocycles. The molecule has 0 saturated carbocycles. The third-order valence-electron chi connectivity index (χ3n) is 7.73. The van der Waals surface area contributed by atoms with Crippen LogP contribution in [0.3, 0.4) is 0 Å². The molecule has 0 spiro atoms. The van der Waals surface area contributed by atoms with Crippen molar-refractivity contribution in [1.82, 2.24) is 4.90 Å². The Balaban J connectivity index is 1.39. The van der Waals surface area contributed by atoms with Gasteiger partial charge < -0.3 is 19.3 Å². The molecule has 0 aliphatic carbocycles. The summed E-state index contributed by atoms with van der Waals surface area (Å²) >= 11 is 1.81. The van der Waals surface area contributed by atoms with Crippen molar-refractivity contribution in [3.05, 3.63) is 65.2 Å². The average Bonchev–Trinajstić information content (AvgIpc) is 3.49. The van der Waals surface area contributed by atoms with Crippen LogP contribution in [0, 0.1) is 0 Å². The SMILES string of the molecule is CCCCCCCCCCCCCCOc1cc(CCN(C(C)=O)c2ccc(CN3C=CSC3)cc2)ccc1OC. The Hall–Kier alpha value is -2.60. The van der Waals surface area contributed by atoms with E-state index in [1.807, 2.05) is 22.7 Å². The number of hydrogen-bond acceptors (Lipinski definition) is 5. The van der Waals surface area contributed by atoms with Crippen LogP contribution < -0.4 is 14.4 Å². The molecular formula is C35H52N2O3S. The lowest BCUT2D eigenvalue weighted by molar-refractivity contribution is -0.116. The summed E-state index contributed by atoms with van der Waals surface area (Å²) in [7, 11) is 1.69. The molecule has 1 aliphatic rings. The van der Waals surface area contributed by atoms with E-state index in [2.05, 4.69) is 59.8 Å². The summed E-state index contributed by atoms with van der Waals surface area (Å²) in [4.78, 5) is 16.6. The van der Waals surface area contributed by atoms with E-state index in [0.29, 0.717) is 13.2 Å². The Morgan fingerprint density at radius 3 is 2.07 bits per heavy atom. The lowest BCUT2D eigenvalue weighted by Gasteiger charge is -2.22. The zero-order valence-electron chi connectivity index (χ0n) is 25.7. The maximum Gasteiger partial charge on any atom is 0.223 e. The summed E-state index contributed by atoms with van der Waals surface area (Å²) in [6, 6.07) is 14.5. The summed E-state index contributed by atoms with van der Waals surface area (Å²) in [5.41, 5.74) is 3.32. The first-order valence-corrected chi connectivity index (χ1v) is 16.8. The minimum Gasteiger partial charge on any atom is -0.493 e. The minimum atomic E-state index is 0.0496. The van der Waals surface area contributed by atoms with Crippen LogP contribution >= 0.6 is 11.8 Å². The van der Waals surface area contributed by atoms with Gasteiger partial charge in [-0.2, -0.15) is 0 Å². The lowest BCUT2D eigenvalue weighted by atomic mass is 10.1. The zero-order chi connectivity index (χ0) is 29.1. The number of rotatable bonds is 21. The molecule has 2 aromatic rings. The third-order valence-corrected chi connectivity index (χ3v) is 8.52. The van der Waals surface area contributed by atoms with E-state index in [-0.39, 0.29) is 5.91 Å². The molecule has 2 aromatic carbocycles. The zero-order valence-corrected chi connectivity index (χ0v) is 26.6. The molecular weight excluding hydrogens is 528 g/mol. The lowest BCUT2D eigenvalue weighted by Crippen LogP contribution is -2.30. The second-order valence-electron chi connectivity index (χ2n) is 11.1. The number of ether oxygens (including phenoxy) is 2. The topological polar surface area (TPSA) is 42.0 Å². The van der Waals surface area contributed by atoms with Crippen LogP contribution in [-0.4, -0.2) is 36.9 Å². The van der Waals surface area contributed by atoms with Gasteiger partial charge in [0, 0.05) is 31.9 Å². The van der Waals surface area contributed by atoms with Gasteiger partial charge in [0.05, 0.1) is 19.6 Å². The number of unbranched alkanes of at least 4 members (excludes halogenated alkanes) is 11. The molecule has 0 N–H and O–H groups in total. The number of carbonyl (C=O) groups is 1. The predicted molar refractivity (Wildman–Crippen MR) is 175 cm³/mol. The maximum atomic E-state index is 12.5. The molecule has 41 heavy (non-hydrogen) atoms. The molecule has 0 fully saturated rings. The number of nitrogens with zero attached hydrogens (tertiary/aromatic N) is 2. The third kappa shape index (κ3) is 12.4. The monoisotopic (exact) mass is 580 g/mol. The largest absolute Gasteiger partial charge is 0.493 e. The highest BCUT2D eigenvalue weighted by atomic mass is 32.2. The highest BCUT2D eigenvalue weighted by Gasteiger charge is 2.14. The number of anilines is 1. The van der Waals surface area contributed by atoms with E-state index in [9.17, 15) is 4.79 Å².